The number of aromatic amines is 1. The van der Waals surface area contributed by atoms with Crippen LogP contribution < -0.4 is 16.2 Å². The molecule has 1 aromatic carbocycles. The molecule has 0 spiro atoms. The van der Waals surface area contributed by atoms with Gasteiger partial charge in [0, 0.05) is 30.5 Å². The van der Waals surface area contributed by atoms with E-state index < -0.39 is 0 Å². The zero-order valence-electron chi connectivity index (χ0n) is 21.4. The number of nitrogens with zero attached hydrogens (tertiary/aromatic N) is 3. The van der Waals surface area contributed by atoms with E-state index in [1.165, 1.54) is 10.8 Å². The lowest BCUT2D eigenvalue weighted by Crippen LogP contribution is -2.27. The van der Waals surface area contributed by atoms with Crippen molar-refractivity contribution in [3.63, 3.8) is 0 Å². The number of furan rings is 1. The number of amides is 2. The Morgan fingerprint density at radius 1 is 1.24 bits per heavy atom. The van der Waals surface area contributed by atoms with E-state index in [2.05, 4.69) is 25.8 Å². The van der Waals surface area contributed by atoms with E-state index in [0.717, 1.165) is 17.5 Å². The molecule has 0 saturated carbocycles. The van der Waals surface area contributed by atoms with Crippen LogP contribution in [0, 0.1) is 6.92 Å². The van der Waals surface area contributed by atoms with Gasteiger partial charge in [0.25, 0.3) is 11.5 Å². The van der Waals surface area contributed by atoms with E-state index in [9.17, 15) is 14.4 Å². The van der Waals surface area contributed by atoms with E-state index >= 15 is 0 Å². The van der Waals surface area contributed by atoms with Gasteiger partial charge in [-0.05, 0) is 57.5 Å². The molecule has 11 nitrogen and oxygen atoms in total. The van der Waals surface area contributed by atoms with Gasteiger partial charge >= 0.3 is 0 Å². The normalized spacial score (nSPS) is 11.3. The van der Waals surface area contributed by atoms with Gasteiger partial charge in [-0.25, -0.2) is 4.98 Å². The minimum absolute atomic E-state index is 0.000629. The van der Waals surface area contributed by atoms with Crippen LogP contribution in [0.4, 0.5) is 5.82 Å². The molecule has 4 rings (SSSR count). The quantitative estimate of drug-likeness (QED) is 0.142. The third kappa shape index (κ3) is 7.11. The molecule has 3 heterocycles. The second-order valence-electron chi connectivity index (χ2n) is 8.90. The number of fused-ring (bicyclic) bond motifs is 1. The highest BCUT2D eigenvalue weighted by Gasteiger charge is 2.17. The maximum atomic E-state index is 13.4. The summed E-state index contributed by atoms with van der Waals surface area (Å²) in [6.07, 6.45) is 2.36. The van der Waals surface area contributed by atoms with Gasteiger partial charge in [0.15, 0.2) is 11.0 Å². The predicted molar refractivity (Wildman–Crippen MR) is 145 cm³/mol. The van der Waals surface area contributed by atoms with Gasteiger partial charge in [-0.3, -0.25) is 24.0 Å². The summed E-state index contributed by atoms with van der Waals surface area (Å²) >= 11 is 1.11. The highest BCUT2D eigenvalue weighted by Crippen LogP contribution is 2.21. The van der Waals surface area contributed by atoms with Crippen molar-refractivity contribution in [2.45, 2.75) is 45.0 Å². The number of thioether (sulfide) groups is 1. The van der Waals surface area contributed by atoms with E-state index in [1.807, 2.05) is 20.8 Å². The van der Waals surface area contributed by atoms with Crippen LogP contribution in [0.1, 0.15) is 42.1 Å². The highest BCUT2D eigenvalue weighted by molar-refractivity contribution is 7.99. The summed E-state index contributed by atoms with van der Waals surface area (Å²) in [5.74, 6) is 0.430. The van der Waals surface area contributed by atoms with Crippen LogP contribution in [-0.4, -0.2) is 56.6 Å². The monoisotopic (exact) mass is 538 g/mol. The van der Waals surface area contributed by atoms with Crippen molar-refractivity contribution in [3.8, 4) is 0 Å². The largest absolute Gasteiger partial charge is 0.467 e. The zero-order chi connectivity index (χ0) is 27.1. The molecule has 0 fully saturated rings. The number of aromatic nitrogens is 4. The van der Waals surface area contributed by atoms with Crippen LogP contribution in [-0.2, 0) is 16.1 Å². The van der Waals surface area contributed by atoms with Crippen molar-refractivity contribution in [1.29, 1.82) is 0 Å². The molecule has 0 aliphatic carbocycles. The molecule has 200 valence electrons. The van der Waals surface area contributed by atoms with E-state index in [1.54, 1.807) is 36.4 Å². The maximum Gasteiger partial charge on any atom is 0.262 e. The Balaban J connectivity index is 1.54. The summed E-state index contributed by atoms with van der Waals surface area (Å²) in [5, 5.41) is 13.0. The van der Waals surface area contributed by atoms with Gasteiger partial charge in [-0.1, -0.05) is 11.8 Å². The number of benzene rings is 1. The van der Waals surface area contributed by atoms with Crippen LogP contribution in [0.25, 0.3) is 10.9 Å². The molecule has 0 bridgehead atoms. The fourth-order valence-electron chi connectivity index (χ4n) is 3.64. The average molecular weight is 539 g/mol. The molecular weight excluding hydrogens is 508 g/mol. The maximum absolute atomic E-state index is 13.4. The lowest BCUT2D eigenvalue weighted by Gasteiger charge is -2.13. The minimum atomic E-state index is -0.296. The Hall–Kier alpha value is -3.90. The first kappa shape index (κ1) is 27.1. The van der Waals surface area contributed by atoms with Crippen LogP contribution >= 0.6 is 11.8 Å². The first-order valence-electron chi connectivity index (χ1n) is 12.2. The SMILES string of the molecule is Cc1cc(NC(=O)CSc2nc3cc(C(=O)NCCCOC(C)C)ccc3c(=O)n2Cc2ccco2)n[nH]1. The van der Waals surface area contributed by atoms with Crippen molar-refractivity contribution < 1.29 is 18.7 Å². The number of hydrogen-bond acceptors (Lipinski definition) is 8. The number of rotatable bonds is 12. The summed E-state index contributed by atoms with van der Waals surface area (Å²) in [6, 6.07) is 10.0. The summed E-state index contributed by atoms with van der Waals surface area (Å²) in [7, 11) is 0. The topological polar surface area (TPSA) is 144 Å². The summed E-state index contributed by atoms with van der Waals surface area (Å²) in [5.41, 5.74) is 1.28. The molecule has 38 heavy (non-hydrogen) atoms. The first-order valence-corrected chi connectivity index (χ1v) is 13.2. The van der Waals surface area contributed by atoms with Gasteiger partial charge in [0.05, 0.1) is 35.6 Å². The fraction of sp³-hybridized carbons (Fsp3) is 0.346. The molecule has 0 aliphatic rings. The standard InChI is InChI=1S/C26H30N6O5S/c1-16(2)36-11-5-9-27-24(34)18-7-8-20-21(13-18)28-26(32(25(20)35)14-19-6-4-10-37-19)38-15-23(33)29-22-12-17(3)30-31-22/h4,6-8,10,12-13,16H,5,9,11,14-15H2,1-3H3,(H,27,34)(H2,29,30,31,33). The number of carbonyl (C=O) groups excluding carboxylic acids is 2. The lowest BCUT2D eigenvalue weighted by atomic mass is 10.1. The van der Waals surface area contributed by atoms with Crippen LogP contribution in [0.5, 0.6) is 0 Å². The fourth-order valence-corrected chi connectivity index (χ4v) is 4.43. The van der Waals surface area contributed by atoms with E-state index in [4.69, 9.17) is 9.15 Å². The van der Waals surface area contributed by atoms with Crippen molar-refractivity contribution in [1.82, 2.24) is 25.1 Å². The third-order valence-electron chi connectivity index (χ3n) is 5.44. The van der Waals surface area contributed by atoms with Crippen LogP contribution in [0.3, 0.4) is 0 Å². The number of anilines is 1. The van der Waals surface area contributed by atoms with Crippen LogP contribution in [0.2, 0.25) is 0 Å². The highest BCUT2D eigenvalue weighted by atomic mass is 32.2. The number of ether oxygens (including phenoxy) is 1. The molecule has 0 saturated heterocycles. The van der Waals surface area contributed by atoms with Crippen molar-refractivity contribution in [3.05, 3.63) is 70.0 Å². The minimum Gasteiger partial charge on any atom is -0.467 e. The van der Waals surface area contributed by atoms with Crippen molar-refractivity contribution in [2.24, 2.45) is 0 Å². The molecule has 4 aromatic rings. The molecular formula is C26H30N6O5S. The molecule has 3 N–H and O–H groups in total. The Bertz CT molecular complexity index is 1460. The Morgan fingerprint density at radius 2 is 2.08 bits per heavy atom. The molecule has 12 heteroatoms. The van der Waals surface area contributed by atoms with E-state index in [0.29, 0.717) is 52.8 Å². The summed E-state index contributed by atoms with van der Waals surface area (Å²) in [4.78, 5) is 43.3. The van der Waals surface area contributed by atoms with Gasteiger partial charge < -0.3 is 19.8 Å². The number of hydrogen-bond donors (Lipinski definition) is 3. The molecule has 0 atom stereocenters. The first-order chi connectivity index (χ1) is 18.3. The number of H-pyrrole nitrogens is 1. The Morgan fingerprint density at radius 3 is 2.79 bits per heavy atom. The second-order valence-corrected chi connectivity index (χ2v) is 9.84. The van der Waals surface area contributed by atoms with Gasteiger partial charge in [-0.2, -0.15) is 5.10 Å². The number of nitrogens with one attached hydrogen (secondary N) is 3. The number of carbonyl (C=O) groups is 2. The predicted octanol–water partition coefficient (Wildman–Crippen LogP) is 3.35. The Labute approximate surface area is 223 Å². The van der Waals surface area contributed by atoms with Crippen molar-refractivity contribution in [2.75, 3.05) is 24.2 Å². The van der Waals surface area contributed by atoms with Gasteiger partial charge in [-0.15, -0.1) is 0 Å². The average Bonchev–Trinajstić information content (AvgIpc) is 3.55. The molecule has 0 radical (unpaired) electrons. The molecule has 2 amide bonds. The number of aryl methyl sites for hydroxylation is 1. The van der Waals surface area contributed by atoms with Crippen molar-refractivity contribution >= 4 is 40.3 Å². The third-order valence-corrected chi connectivity index (χ3v) is 6.42. The molecule has 3 aromatic heterocycles. The van der Waals surface area contributed by atoms with Gasteiger partial charge in [0.1, 0.15) is 5.76 Å². The van der Waals surface area contributed by atoms with Gasteiger partial charge in [0.2, 0.25) is 5.91 Å². The Kier molecular flexibility index (Phi) is 8.98. The van der Waals surface area contributed by atoms with E-state index in [-0.39, 0.29) is 35.8 Å². The second kappa shape index (κ2) is 12.6. The lowest BCUT2D eigenvalue weighted by molar-refractivity contribution is -0.113. The summed E-state index contributed by atoms with van der Waals surface area (Å²) < 4.78 is 12.4. The molecule has 0 aliphatic heterocycles. The smallest absolute Gasteiger partial charge is 0.262 e. The molecule has 0 unspecified atom stereocenters. The van der Waals surface area contributed by atoms with Crippen LogP contribution in [0.15, 0.2) is 57.0 Å². The zero-order valence-corrected chi connectivity index (χ0v) is 22.3. The summed E-state index contributed by atoms with van der Waals surface area (Å²) in [6.45, 7) is 6.93.